The summed E-state index contributed by atoms with van der Waals surface area (Å²) in [5, 5.41) is 21.7. The molecule has 0 saturated heterocycles. The third-order valence-electron chi connectivity index (χ3n) is 3.50. The van der Waals surface area contributed by atoms with Gasteiger partial charge in [0.05, 0.1) is 27.7 Å². The predicted molar refractivity (Wildman–Crippen MR) is 75.0 cm³/mol. The summed E-state index contributed by atoms with van der Waals surface area (Å²) in [6.45, 7) is 0. The number of carboxylic acid groups (broad SMARTS) is 1. The maximum absolute atomic E-state index is 14.0. The fourth-order valence-electron chi connectivity index (χ4n) is 2.37. The third-order valence-corrected chi connectivity index (χ3v) is 3.50. The SMILES string of the molecule is O=C([O-])c1ccc2c(c1)C(=O)N(c1cc([N+](=O)[O-])ccc1F)C2=O. The topological polar surface area (TPSA) is 121 Å². The number of nitro benzene ring substituents is 1. The van der Waals surface area contributed by atoms with Gasteiger partial charge in [-0.1, -0.05) is 6.07 Å². The van der Waals surface area contributed by atoms with Crippen LogP contribution in [0.5, 0.6) is 0 Å². The van der Waals surface area contributed by atoms with Crippen LogP contribution in [0.2, 0.25) is 0 Å². The van der Waals surface area contributed by atoms with Gasteiger partial charge in [-0.25, -0.2) is 9.29 Å². The molecule has 2 aromatic rings. The number of carbonyl (C=O) groups is 3. The number of fused-ring (bicyclic) bond motifs is 1. The molecule has 24 heavy (non-hydrogen) atoms. The van der Waals surface area contributed by atoms with Crippen molar-refractivity contribution in [2.45, 2.75) is 0 Å². The van der Waals surface area contributed by atoms with Crippen LogP contribution in [-0.2, 0) is 0 Å². The fraction of sp³-hybridized carbons (Fsp3) is 0. The molecule has 0 radical (unpaired) electrons. The van der Waals surface area contributed by atoms with Crippen molar-refractivity contribution in [2.24, 2.45) is 0 Å². The highest BCUT2D eigenvalue weighted by molar-refractivity contribution is 6.34. The summed E-state index contributed by atoms with van der Waals surface area (Å²) in [7, 11) is 0. The van der Waals surface area contributed by atoms with Gasteiger partial charge in [0.15, 0.2) is 0 Å². The molecule has 2 amide bonds. The first kappa shape index (κ1) is 15.3. The molecule has 0 aromatic heterocycles. The maximum atomic E-state index is 14.0. The minimum absolute atomic E-state index is 0.129. The van der Waals surface area contributed by atoms with Crippen molar-refractivity contribution in [3.63, 3.8) is 0 Å². The molecular weight excluding hydrogens is 323 g/mol. The normalized spacial score (nSPS) is 13.1. The summed E-state index contributed by atoms with van der Waals surface area (Å²) >= 11 is 0. The van der Waals surface area contributed by atoms with Gasteiger partial charge in [-0.15, -0.1) is 0 Å². The van der Waals surface area contributed by atoms with E-state index in [0.29, 0.717) is 4.90 Å². The van der Waals surface area contributed by atoms with E-state index in [1.807, 2.05) is 0 Å². The molecule has 3 rings (SSSR count). The molecule has 0 atom stereocenters. The summed E-state index contributed by atoms with van der Waals surface area (Å²) in [5.74, 6) is -4.43. The quantitative estimate of drug-likeness (QED) is 0.468. The second kappa shape index (κ2) is 5.23. The summed E-state index contributed by atoms with van der Waals surface area (Å²) in [4.78, 5) is 46.0. The Morgan fingerprint density at radius 2 is 1.71 bits per heavy atom. The van der Waals surface area contributed by atoms with Crippen molar-refractivity contribution < 1.29 is 28.8 Å². The largest absolute Gasteiger partial charge is 0.545 e. The molecule has 8 nitrogen and oxygen atoms in total. The van der Waals surface area contributed by atoms with E-state index < -0.39 is 39.9 Å². The third kappa shape index (κ3) is 2.19. The number of carboxylic acids is 1. The molecule has 1 aliphatic heterocycles. The molecule has 0 spiro atoms. The van der Waals surface area contributed by atoms with Crippen molar-refractivity contribution in [3.05, 3.63) is 69.0 Å². The van der Waals surface area contributed by atoms with Gasteiger partial charge in [0.2, 0.25) is 0 Å². The summed E-state index contributed by atoms with van der Waals surface area (Å²) < 4.78 is 14.0. The van der Waals surface area contributed by atoms with Gasteiger partial charge in [0.25, 0.3) is 17.5 Å². The molecule has 1 aliphatic rings. The molecule has 0 saturated carbocycles. The second-order valence-electron chi connectivity index (χ2n) is 4.89. The molecule has 0 unspecified atom stereocenters. The highest BCUT2D eigenvalue weighted by Gasteiger charge is 2.38. The lowest BCUT2D eigenvalue weighted by molar-refractivity contribution is -0.384. The molecule has 9 heteroatoms. The van der Waals surface area contributed by atoms with E-state index in [4.69, 9.17) is 0 Å². The first-order valence-electron chi connectivity index (χ1n) is 6.49. The number of benzene rings is 2. The number of nitro groups is 1. The molecule has 0 bridgehead atoms. The number of amides is 2. The number of imide groups is 1. The fourth-order valence-corrected chi connectivity index (χ4v) is 2.37. The zero-order chi connectivity index (χ0) is 17.6. The summed E-state index contributed by atoms with van der Waals surface area (Å²) in [6.07, 6.45) is 0. The standard InChI is InChI=1S/C15H7FN2O6/c16-11-4-2-8(18(23)24)6-12(11)17-13(19)9-3-1-7(15(21)22)5-10(9)14(17)20/h1-6H,(H,21,22)/p-1. The van der Waals surface area contributed by atoms with Crippen LogP contribution >= 0.6 is 0 Å². The van der Waals surface area contributed by atoms with E-state index >= 15 is 0 Å². The zero-order valence-electron chi connectivity index (χ0n) is 11.7. The maximum Gasteiger partial charge on any atom is 0.271 e. The van der Waals surface area contributed by atoms with Crippen LogP contribution in [0.3, 0.4) is 0 Å². The number of carbonyl (C=O) groups excluding carboxylic acids is 3. The molecule has 2 aromatic carbocycles. The Kier molecular flexibility index (Phi) is 3.33. The van der Waals surface area contributed by atoms with Gasteiger partial charge in [-0.2, -0.15) is 0 Å². The van der Waals surface area contributed by atoms with Crippen LogP contribution in [0.15, 0.2) is 36.4 Å². The molecular formula is C15H6FN2O6-. The van der Waals surface area contributed by atoms with Crippen molar-refractivity contribution in [2.75, 3.05) is 4.90 Å². The number of aromatic carboxylic acids is 1. The first-order chi connectivity index (χ1) is 11.3. The van der Waals surface area contributed by atoms with E-state index in [9.17, 15) is 34.0 Å². The van der Waals surface area contributed by atoms with Crippen LogP contribution < -0.4 is 10.0 Å². The Morgan fingerprint density at radius 3 is 2.33 bits per heavy atom. The highest BCUT2D eigenvalue weighted by atomic mass is 19.1. The minimum atomic E-state index is -1.54. The number of non-ortho nitro benzene ring substituents is 1. The number of anilines is 1. The minimum Gasteiger partial charge on any atom is -0.545 e. The molecule has 0 fully saturated rings. The average molecular weight is 329 g/mol. The van der Waals surface area contributed by atoms with Gasteiger partial charge in [0.1, 0.15) is 5.82 Å². The highest BCUT2D eigenvalue weighted by Crippen LogP contribution is 2.32. The second-order valence-corrected chi connectivity index (χ2v) is 4.89. The lowest BCUT2D eigenvalue weighted by Gasteiger charge is -2.14. The van der Waals surface area contributed by atoms with E-state index in [-0.39, 0.29) is 16.7 Å². The Balaban J connectivity index is 2.13. The lowest BCUT2D eigenvalue weighted by atomic mass is 10.1. The van der Waals surface area contributed by atoms with E-state index in [1.165, 1.54) is 0 Å². The van der Waals surface area contributed by atoms with Gasteiger partial charge in [-0.05, 0) is 23.8 Å². The van der Waals surface area contributed by atoms with Crippen LogP contribution in [-0.4, -0.2) is 22.7 Å². The summed E-state index contributed by atoms with van der Waals surface area (Å²) in [6, 6.07) is 5.55. The molecule has 120 valence electrons. The molecule has 0 aliphatic carbocycles. The van der Waals surface area contributed by atoms with Crippen molar-refractivity contribution in [1.29, 1.82) is 0 Å². The average Bonchev–Trinajstić information content (AvgIpc) is 2.79. The van der Waals surface area contributed by atoms with Gasteiger partial charge in [-0.3, -0.25) is 19.7 Å². The van der Waals surface area contributed by atoms with E-state index in [1.54, 1.807) is 0 Å². The van der Waals surface area contributed by atoms with Crippen LogP contribution in [0.1, 0.15) is 31.1 Å². The number of rotatable bonds is 3. The van der Waals surface area contributed by atoms with Gasteiger partial charge >= 0.3 is 0 Å². The Labute approximate surface area is 132 Å². The Bertz CT molecular complexity index is 940. The number of nitrogens with zero attached hydrogens (tertiary/aromatic N) is 2. The van der Waals surface area contributed by atoms with Crippen molar-refractivity contribution in [3.8, 4) is 0 Å². The van der Waals surface area contributed by atoms with Crippen molar-refractivity contribution in [1.82, 2.24) is 0 Å². The predicted octanol–water partition coefficient (Wildman–Crippen LogP) is 0.898. The monoisotopic (exact) mass is 329 g/mol. The lowest BCUT2D eigenvalue weighted by Crippen LogP contribution is -2.30. The van der Waals surface area contributed by atoms with Crippen LogP contribution in [0.25, 0.3) is 0 Å². The van der Waals surface area contributed by atoms with Gasteiger partial charge < -0.3 is 9.90 Å². The first-order valence-corrected chi connectivity index (χ1v) is 6.49. The number of hydrogen-bond acceptors (Lipinski definition) is 6. The van der Waals surface area contributed by atoms with Crippen molar-refractivity contribution >= 4 is 29.2 Å². The van der Waals surface area contributed by atoms with Gasteiger partial charge in [0, 0.05) is 12.1 Å². The van der Waals surface area contributed by atoms with E-state index in [2.05, 4.69) is 0 Å². The number of halogens is 1. The smallest absolute Gasteiger partial charge is 0.271 e. The Morgan fingerprint density at radius 1 is 1.04 bits per heavy atom. The zero-order valence-corrected chi connectivity index (χ0v) is 11.7. The van der Waals surface area contributed by atoms with E-state index in [0.717, 1.165) is 36.4 Å². The molecule has 0 N–H and O–H groups in total. The Hall–Kier alpha value is -3.62. The van der Waals surface area contributed by atoms with Crippen LogP contribution in [0, 0.1) is 15.9 Å². The van der Waals surface area contributed by atoms with Crippen LogP contribution in [0.4, 0.5) is 15.8 Å². The molecule has 1 heterocycles. The number of hydrogen-bond donors (Lipinski definition) is 0. The summed E-state index contributed by atoms with van der Waals surface area (Å²) in [5.41, 5.74) is -1.77.